The Bertz CT molecular complexity index is 1070. The van der Waals surface area contributed by atoms with Crippen LogP contribution in [-0.4, -0.2) is 23.6 Å². The minimum absolute atomic E-state index is 0.0714. The Morgan fingerprint density at radius 2 is 1.81 bits per heavy atom. The van der Waals surface area contributed by atoms with Gasteiger partial charge in [-0.3, -0.25) is 9.59 Å². The van der Waals surface area contributed by atoms with E-state index in [1.807, 2.05) is 45.9 Å². The molecule has 1 aromatic heterocycles. The van der Waals surface area contributed by atoms with E-state index in [0.717, 1.165) is 45.8 Å². The third kappa shape index (κ3) is 5.97. The molecule has 0 saturated heterocycles. The standard InChI is InChI=1S/C25H28N2O5/c1-5-20-8-6-7-16(2)25(20)26-23(28)15-31-24(29)13-19-9-11-21(12-10-19)30-14-22-17(3)27-32-18(22)4/h6-12H,5,13-15H2,1-4H3,(H,26,28). The van der Waals surface area contributed by atoms with E-state index in [4.69, 9.17) is 14.0 Å². The number of para-hydroxylation sites is 1. The summed E-state index contributed by atoms with van der Waals surface area (Å²) in [4.78, 5) is 24.4. The molecule has 0 aliphatic heterocycles. The van der Waals surface area contributed by atoms with E-state index in [0.29, 0.717) is 12.4 Å². The monoisotopic (exact) mass is 436 g/mol. The minimum atomic E-state index is -0.468. The summed E-state index contributed by atoms with van der Waals surface area (Å²) in [7, 11) is 0. The molecule has 7 heteroatoms. The van der Waals surface area contributed by atoms with E-state index in [2.05, 4.69) is 10.5 Å². The first-order chi connectivity index (χ1) is 15.4. The van der Waals surface area contributed by atoms with Gasteiger partial charge >= 0.3 is 5.97 Å². The Labute approximate surface area is 187 Å². The molecule has 168 valence electrons. The number of benzene rings is 2. The molecule has 1 N–H and O–H groups in total. The number of hydrogen-bond acceptors (Lipinski definition) is 6. The van der Waals surface area contributed by atoms with Crippen molar-refractivity contribution >= 4 is 17.6 Å². The van der Waals surface area contributed by atoms with Gasteiger partial charge in [0.2, 0.25) is 0 Å². The van der Waals surface area contributed by atoms with Gasteiger partial charge in [0, 0.05) is 5.69 Å². The molecule has 0 bridgehead atoms. The number of carbonyl (C=O) groups excluding carboxylic acids is 2. The van der Waals surface area contributed by atoms with E-state index in [-0.39, 0.29) is 18.9 Å². The fraction of sp³-hybridized carbons (Fsp3) is 0.320. The van der Waals surface area contributed by atoms with Gasteiger partial charge in [-0.25, -0.2) is 0 Å². The quantitative estimate of drug-likeness (QED) is 0.498. The summed E-state index contributed by atoms with van der Waals surface area (Å²) < 4.78 is 16.0. The summed E-state index contributed by atoms with van der Waals surface area (Å²) in [6.07, 6.45) is 0.872. The van der Waals surface area contributed by atoms with Crippen LogP contribution in [0.5, 0.6) is 5.75 Å². The number of aromatic nitrogens is 1. The first kappa shape index (κ1) is 23.1. The summed E-state index contributed by atoms with van der Waals surface area (Å²) in [5.74, 6) is 0.584. The molecule has 0 radical (unpaired) electrons. The predicted molar refractivity (Wildman–Crippen MR) is 121 cm³/mol. The second-order valence-electron chi connectivity index (χ2n) is 7.58. The molecule has 0 saturated carbocycles. The lowest BCUT2D eigenvalue weighted by molar-refractivity contribution is -0.146. The van der Waals surface area contributed by atoms with Gasteiger partial charge < -0.3 is 19.3 Å². The molecule has 3 rings (SSSR count). The summed E-state index contributed by atoms with van der Waals surface area (Å²) in [5.41, 5.74) is 5.30. The van der Waals surface area contributed by atoms with Crippen molar-refractivity contribution in [3.05, 3.63) is 76.2 Å². The zero-order chi connectivity index (χ0) is 23.1. The zero-order valence-electron chi connectivity index (χ0n) is 18.9. The summed E-state index contributed by atoms with van der Waals surface area (Å²) >= 11 is 0. The molecule has 1 heterocycles. The van der Waals surface area contributed by atoms with Crippen LogP contribution in [0.3, 0.4) is 0 Å². The Hall–Kier alpha value is -3.61. The van der Waals surface area contributed by atoms with Crippen LogP contribution >= 0.6 is 0 Å². The van der Waals surface area contributed by atoms with Gasteiger partial charge in [0.1, 0.15) is 18.1 Å². The number of rotatable bonds is 9. The van der Waals surface area contributed by atoms with Crippen molar-refractivity contribution in [3.63, 3.8) is 0 Å². The van der Waals surface area contributed by atoms with Crippen LogP contribution in [0.15, 0.2) is 47.0 Å². The summed E-state index contributed by atoms with van der Waals surface area (Å²) in [6.45, 7) is 7.71. The normalized spacial score (nSPS) is 10.6. The van der Waals surface area contributed by atoms with Crippen LogP contribution < -0.4 is 10.1 Å². The first-order valence-electron chi connectivity index (χ1n) is 10.5. The highest BCUT2D eigenvalue weighted by molar-refractivity contribution is 5.94. The summed E-state index contributed by atoms with van der Waals surface area (Å²) in [5, 5.41) is 6.75. The number of hydrogen-bond donors (Lipinski definition) is 1. The average molecular weight is 437 g/mol. The van der Waals surface area contributed by atoms with Gasteiger partial charge in [-0.2, -0.15) is 0 Å². The van der Waals surface area contributed by atoms with E-state index >= 15 is 0 Å². The maximum atomic E-state index is 12.2. The third-order valence-electron chi connectivity index (χ3n) is 5.20. The fourth-order valence-electron chi connectivity index (χ4n) is 3.31. The van der Waals surface area contributed by atoms with Gasteiger partial charge in [0.15, 0.2) is 6.61 Å². The molecule has 32 heavy (non-hydrogen) atoms. The molecule has 3 aromatic rings. The molecule has 0 aliphatic carbocycles. The number of esters is 1. The molecule has 0 spiro atoms. The molecule has 0 atom stereocenters. The van der Waals surface area contributed by atoms with Crippen LogP contribution in [0, 0.1) is 20.8 Å². The Morgan fingerprint density at radius 1 is 1.06 bits per heavy atom. The molecule has 0 fully saturated rings. The van der Waals surface area contributed by atoms with Crippen LogP contribution in [-0.2, 0) is 33.8 Å². The molecule has 7 nitrogen and oxygen atoms in total. The van der Waals surface area contributed by atoms with Crippen molar-refractivity contribution in [2.75, 3.05) is 11.9 Å². The van der Waals surface area contributed by atoms with Gasteiger partial charge in [0.05, 0.1) is 17.7 Å². The van der Waals surface area contributed by atoms with Crippen molar-refractivity contribution in [1.82, 2.24) is 5.16 Å². The smallest absolute Gasteiger partial charge is 0.310 e. The molecule has 0 unspecified atom stereocenters. The predicted octanol–water partition coefficient (Wildman–Crippen LogP) is 4.47. The number of nitrogens with zero attached hydrogens (tertiary/aromatic N) is 1. The lowest BCUT2D eigenvalue weighted by atomic mass is 10.1. The van der Waals surface area contributed by atoms with Crippen molar-refractivity contribution < 1.29 is 23.6 Å². The molecular formula is C25H28N2O5. The number of aryl methyl sites for hydroxylation is 4. The second kappa shape index (κ2) is 10.6. The Morgan fingerprint density at radius 3 is 2.47 bits per heavy atom. The SMILES string of the molecule is CCc1cccc(C)c1NC(=O)COC(=O)Cc1ccc(OCc2c(C)noc2C)cc1. The number of carbonyl (C=O) groups is 2. The maximum absolute atomic E-state index is 12.2. The van der Waals surface area contributed by atoms with Crippen LogP contribution in [0.1, 0.15) is 40.6 Å². The van der Waals surface area contributed by atoms with Gasteiger partial charge in [-0.1, -0.05) is 42.4 Å². The molecular weight excluding hydrogens is 408 g/mol. The highest BCUT2D eigenvalue weighted by Gasteiger charge is 2.13. The Kier molecular flexibility index (Phi) is 7.65. The van der Waals surface area contributed by atoms with Gasteiger partial charge in [0.25, 0.3) is 5.91 Å². The van der Waals surface area contributed by atoms with E-state index in [1.165, 1.54) is 0 Å². The third-order valence-corrected chi connectivity index (χ3v) is 5.20. The maximum Gasteiger partial charge on any atom is 0.310 e. The van der Waals surface area contributed by atoms with Crippen molar-refractivity contribution in [2.24, 2.45) is 0 Å². The number of ether oxygens (including phenoxy) is 2. The Balaban J connectivity index is 1.46. The van der Waals surface area contributed by atoms with Crippen LogP contribution in [0.4, 0.5) is 5.69 Å². The minimum Gasteiger partial charge on any atom is -0.489 e. The van der Waals surface area contributed by atoms with E-state index in [1.54, 1.807) is 24.3 Å². The van der Waals surface area contributed by atoms with Crippen molar-refractivity contribution in [3.8, 4) is 5.75 Å². The molecule has 1 amide bonds. The topological polar surface area (TPSA) is 90.7 Å². The van der Waals surface area contributed by atoms with E-state index < -0.39 is 5.97 Å². The number of amides is 1. The zero-order valence-corrected chi connectivity index (χ0v) is 18.9. The second-order valence-corrected chi connectivity index (χ2v) is 7.58. The number of nitrogens with one attached hydrogen (secondary N) is 1. The summed E-state index contributed by atoms with van der Waals surface area (Å²) in [6, 6.07) is 13.0. The van der Waals surface area contributed by atoms with E-state index in [9.17, 15) is 9.59 Å². The molecule has 2 aromatic carbocycles. The highest BCUT2D eigenvalue weighted by atomic mass is 16.5. The highest BCUT2D eigenvalue weighted by Crippen LogP contribution is 2.21. The van der Waals surface area contributed by atoms with Crippen LogP contribution in [0.25, 0.3) is 0 Å². The van der Waals surface area contributed by atoms with Crippen molar-refractivity contribution in [1.29, 1.82) is 0 Å². The molecule has 0 aliphatic rings. The first-order valence-corrected chi connectivity index (χ1v) is 10.5. The van der Waals surface area contributed by atoms with Crippen LogP contribution in [0.2, 0.25) is 0 Å². The largest absolute Gasteiger partial charge is 0.489 e. The average Bonchev–Trinajstić information content (AvgIpc) is 3.10. The van der Waals surface area contributed by atoms with Crippen molar-refractivity contribution in [2.45, 2.75) is 47.1 Å². The fourth-order valence-corrected chi connectivity index (χ4v) is 3.31. The lowest BCUT2D eigenvalue weighted by Crippen LogP contribution is -2.22. The number of anilines is 1. The van der Waals surface area contributed by atoms with Gasteiger partial charge in [-0.05, 0) is 56.0 Å². The lowest BCUT2D eigenvalue weighted by Gasteiger charge is -2.13. The van der Waals surface area contributed by atoms with Gasteiger partial charge in [-0.15, -0.1) is 0 Å².